The van der Waals surface area contributed by atoms with Crippen LogP contribution in [0.3, 0.4) is 0 Å². The van der Waals surface area contributed by atoms with Crippen molar-refractivity contribution >= 4 is 80.4 Å². The number of rotatable bonds is 16. The molecule has 0 unspecified atom stereocenters. The topological polar surface area (TPSA) is 202 Å². The van der Waals surface area contributed by atoms with E-state index in [0.717, 1.165) is 45.9 Å². The summed E-state index contributed by atoms with van der Waals surface area (Å²) in [6.45, 7) is 5.67. The Bertz CT molecular complexity index is 2450. The minimum atomic E-state index is -0.162. The normalized spacial score (nSPS) is 11.7. The molecule has 57 heavy (non-hydrogen) atoms. The minimum absolute atomic E-state index is 0.0783. The second kappa shape index (κ2) is 19.3. The van der Waals surface area contributed by atoms with Gasteiger partial charge in [-0.05, 0) is 134 Å². The third kappa shape index (κ3) is 10.3. The standard InChI is InChI=1S/C39H35N7O9S2/c1-22-17-33(23(2)16-32(22)42-41-27-8-13-30(14-9-27)56-54-52-48)43-44-34-21-36(51-5)35(18-24(34)3)45-46-38-37(57-55-53-49)20-25-19-28(10-15-31(25)39(38)47)40-26-6-11-29(50-4)12-7-26/h6-21,40,47-49H,1-5H3. The van der Waals surface area contributed by atoms with E-state index in [1.54, 1.807) is 55.6 Å². The second-order valence-electron chi connectivity index (χ2n) is 12.1. The summed E-state index contributed by atoms with van der Waals surface area (Å²) in [7, 11) is 3.10. The number of anilines is 2. The number of phenols is 1. The number of aromatic hydroxyl groups is 1. The molecule has 6 rings (SSSR count). The Balaban J connectivity index is 1.22. The molecule has 0 fully saturated rings. The van der Waals surface area contributed by atoms with E-state index >= 15 is 0 Å². The van der Waals surface area contributed by atoms with Gasteiger partial charge in [-0.25, -0.2) is 10.5 Å². The fourth-order valence-corrected chi connectivity index (χ4v) is 6.29. The lowest BCUT2D eigenvalue weighted by Gasteiger charge is -2.12. The van der Waals surface area contributed by atoms with E-state index in [9.17, 15) is 5.11 Å². The van der Waals surface area contributed by atoms with E-state index < -0.39 is 0 Å². The largest absolute Gasteiger partial charge is 0.505 e. The Hall–Kier alpha value is -5.96. The number of methoxy groups -OCH3 is 2. The number of hydrogen-bond acceptors (Lipinski definition) is 18. The summed E-state index contributed by atoms with van der Waals surface area (Å²) >= 11 is 1.50. The number of nitrogens with one attached hydrogen (secondary N) is 1. The zero-order valence-corrected chi connectivity index (χ0v) is 32.7. The lowest BCUT2D eigenvalue weighted by atomic mass is 10.1. The number of benzene rings is 6. The maximum atomic E-state index is 11.4. The molecule has 0 amide bonds. The van der Waals surface area contributed by atoms with Gasteiger partial charge in [-0.1, -0.05) is 10.1 Å². The van der Waals surface area contributed by atoms with E-state index in [0.29, 0.717) is 66.8 Å². The highest BCUT2D eigenvalue weighted by Gasteiger charge is 2.17. The van der Waals surface area contributed by atoms with Crippen LogP contribution < -0.4 is 14.8 Å². The fraction of sp³-hybridized carbons (Fsp3) is 0.128. The van der Waals surface area contributed by atoms with Gasteiger partial charge in [-0.15, -0.1) is 18.9 Å². The van der Waals surface area contributed by atoms with Crippen LogP contribution in [0.25, 0.3) is 10.8 Å². The molecule has 292 valence electrons. The maximum absolute atomic E-state index is 11.4. The zero-order valence-electron chi connectivity index (χ0n) is 31.0. The van der Waals surface area contributed by atoms with Crippen molar-refractivity contribution in [3.05, 3.63) is 114 Å². The average molecular weight is 810 g/mol. The van der Waals surface area contributed by atoms with Gasteiger partial charge < -0.3 is 19.9 Å². The van der Waals surface area contributed by atoms with Crippen molar-refractivity contribution < 1.29 is 43.8 Å². The van der Waals surface area contributed by atoms with Gasteiger partial charge in [0.2, 0.25) is 0 Å². The van der Waals surface area contributed by atoms with Crippen LogP contribution in [0.5, 0.6) is 17.2 Å². The quantitative estimate of drug-likeness (QED) is 0.0312. The van der Waals surface area contributed by atoms with Gasteiger partial charge in [0.15, 0.2) is 5.75 Å². The minimum Gasteiger partial charge on any atom is -0.505 e. The van der Waals surface area contributed by atoms with E-state index in [4.69, 9.17) is 24.3 Å². The molecule has 0 atom stereocenters. The molecule has 4 N–H and O–H groups in total. The molecule has 0 spiro atoms. The highest BCUT2D eigenvalue weighted by molar-refractivity contribution is 7.94. The molecular formula is C39H35N7O9S2. The van der Waals surface area contributed by atoms with Gasteiger partial charge in [0.05, 0.1) is 66.0 Å². The first-order valence-electron chi connectivity index (χ1n) is 16.8. The number of azo groups is 3. The summed E-state index contributed by atoms with van der Waals surface area (Å²) in [6, 6.07) is 28.8. The van der Waals surface area contributed by atoms with Crippen LogP contribution >= 0.6 is 24.1 Å². The van der Waals surface area contributed by atoms with Crippen LogP contribution in [0.15, 0.2) is 138 Å². The van der Waals surface area contributed by atoms with Crippen molar-refractivity contribution in [1.82, 2.24) is 0 Å². The van der Waals surface area contributed by atoms with Crippen LogP contribution in [-0.4, -0.2) is 29.8 Å². The van der Waals surface area contributed by atoms with Gasteiger partial charge in [0, 0.05) is 27.7 Å². The van der Waals surface area contributed by atoms with Gasteiger partial charge >= 0.3 is 0 Å². The maximum Gasteiger partial charge on any atom is 0.152 e. The van der Waals surface area contributed by atoms with E-state index in [2.05, 4.69) is 50.4 Å². The van der Waals surface area contributed by atoms with Crippen molar-refractivity contribution in [3.8, 4) is 17.2 Å². The number of nitrogens with zero attached hydrogens (tertiary/aromatic N) is 6. The van der Waals surface area contributed by atoms with Crippen molar-refractivity contribution in [2.75, 3.05) is 19.5 Å². The number of aryl methyl sites for hydroxylation is 3. The summed E-state index contributed by atoms with van der Waals surface area (Å²) in [4.78, 5) is 1.02. The van der Waals surface area contributed by atoms with Crippen LogP contribution in [0.4, 0.5) is 45.5 Å². The smallest absolute Gasteiger partial charge is 0.152 e. The van der Waals surface area contributed by atoms with Gasteiger partial charge in [0.1, 0.15) is 22.9 Å². The number of ether oxygens (including phenoxy) is 2. The number of fused-ring (bicyclic) bond motifs is 1. The van der Waals surface area contributed by atoms with Crippen LogP contribution in [-0.2, 0) is 18.7 Å². The number of phenolic OH excluding ortho intramolecular Hbond substituents is 1. The van der Waals surface area contributed by atoms with Gasteiger partial charge in [0.25, 0.3) is 0 Å². The van der Waals surface area contributed by atoms with Crippen molar-refractivity contribution in [1.29, 1.82) is 0 Å². The fourth-order valence-electron chi connectivity index (χ4n) is 5.44. The molecule has 18 heteroatoms. The van der Waals surface area contributed by atoms with Crippen LogP contribution in [0.2, 0.25) is 0 Å². The molecule has 6 aromatic rings. The Morgan fingerprint density at radius 1 is 0.561 bits per heavy atom. The molecule has 0 radical (unpaired) electrons. The third-order valence-corrected chi connectivity index (χ3v) is 9.60. The Morgan fingerprint density at radius 3 is 1.77 bits per heavy atom. The molecular weight excluding hydrogens is 775 g/mol. The lowest BCUT2D eigenvalue weighted by Crippen LogP contribution is -1.91. The Labute approximate surface area is 335 Å². The van der Waals surface area contributed by atoms with E-state index in [-0.39, 0.29) is 11.4 Å². The Morgan fingerprint density at radius 2 is 1.14 bits per heavy atom. The summed E-state index contributed by atoms with van der Waals surface area (Å²) in [5.74, 6) is 0.938. The molecule has 0 bridgehead atoms. The summed E-state index contributed by atoms with van der Waals surface area (Å²) in [5, 5.41) is 67.1. The molecule has 0 aliphatic heterocycles. The van der Waals surface area contributed by atoms with E-state index in [1.807, 2.05) is 69.3 Å². The van der Waals surface area contributed by atoms with Crippen LogP contribution in [0.1, 0.15) is 16.7 Å². The van der Waals surface area contributed by atoms with E-state index in [1.165, 1.54) is 7.11 Å². The Kier molecular flexibility index (Phi) is 13.8. The highest BCUT2D eigenvalue weighted by Crippen LogP contribution is 2.46. The highest BCUT2D eigenvalue weighted by atomic mass is 32.2. The summed E-state index contributed by atoms with van der Waals surface area (Å²) in [6.07, 6.45) is 0. The molecule has 0 aliphatic carbocycles. The van der Waals surface area contributed by atoms with Crippen molar-refractivity contribution in [3.63, 3.8) is 0 Å². The molecule has 0 saturated heterocycles. The first kappa shape index (κ1) is 40.7. The molecule has 0 aliphatic rings. The summed E-state index contributed by atoms with van der Waals surface area (Å²) < 4.78 is 20.0. The van der Waals surface area contributed by atoms with Gasteiger partial charge in [-0.2, -0.15) is 20.5 Å². The zero-order chi connectivity index (χ0) is 40.3. The third-order valence-electron chi connectivity index (χ3n) is 8.39. The average Bonchev–Trinajstić information content (AvgIpc) is 3.22. The molecule has 0 saturated carbocycles. The van der Waals surface area contributed by atoms with Gasteiger partial charge in [-0.3, -0.25) is 0 Å². The predicted molar refractivity (Wildman–Crippen MR) is 216 cm³/mol. The van der Waals surface area contributed by atoms with Crippen molar-refractivity contribution in [2.45, 2.75) is 30.6 Å². The molecule has 0 aromatic heterocycles. The first-order valence-corrected chi connectivity index (χ1v) is 18.3. The van der Waals surface area contributed by atoms with Crippen molar-refractivity contribution in [2.24, 2.45) is 30.7 Å². The lowest BCUT2D eigenvalue weighted by molar-refractivity contribution is -0.432. The predicted octanol–water partition coefficient (Wildman–Crippen LogP) is 13.3. The monoisotopic (exact) mass is 809 g/mol. The first-order chi connectivity index (χ1) is 27.7. The summed E-state index contributed by atoms with van der Waals surface area (Å²) in [5.41, 5.74) is 6.97. The second-order valence-corrected chi connectivity index (χ2v) is 13.7. The number of hydrogen-bond donors (Lipinski definition) is 4. The van der Waals surface area contributed by atoms with Crippen LogP contribution in [0, 0.1) is 20.8 Å². The SMILES string of the molecule is COc1ccc(Nc2ccc3c(O)c(N=Nc4cc(C)c(N=Nc5cc(C)c(N=Nc6ccc(SOOO)cc6)cc5C)cc4OC)c(SOOO)cc3c2)cc1. The molecule has 16 nitrogen and oxygen atoms in total. The molecule has 6 aromatic carbocycles. The molecule has 0 heterocycles.